The van der Waals surface area contributed by atoms with E-state index in [1.165, 1.54) is 38.5 Å². The number of phosphoric ester groups is 1. The monoisotopic (exact) mass is 655 g/mol. The lowest BCUT2D eigenvalue weighted by Crippen LogP contribution is -2.29. The van der Waals surface area contributed by atoms with E-state index < -0.39 is 32.5 Å². The Balaban J connectivity index is 4.37. The van der Waals surface area contributed by atoms with Gasteiger partial charge in [-0.25, -0.2) is 4.57 Å². The number of carbonyl (C=O) groups excluding carboxylic acids is 2. The molecule has 10 heteroatoms. The van der Waals surface area contributed by atoms with Crippen molar-refractivity contribution in [2.45, 2.75) is 136 Å². The van der Waals surface area contributed by atoms with Gasteiger partial charge in [0.1, 0.15) is 6.61 Å². The number of hydrogen-bond donors (Lipinski definition) is 2. The van der Waals surface area contributed by atoms with Crippen LogP contribution in [0.1, 0.15) is 129 Å². The predicted octanol–water partition coefficient (Wildman–Crippen LogP) is 8.82. The van der Waals surface area contributed by atoms with E-state index in [-0.39, 0.29) is 32.6 Å². The van der Waals surface area contributed by atoms with E-state index in [1.807, 2.05) is 0 Å². The van der Waals surface area contributed by atoms with Crippen LogP contribution in [0.15, 0.2) is 48.6 Å². The maximum atomic E-state index is 12.5. The van der Waals surface area contributed by atoms with Crippen LogP contribution in [-0.2, 0) is 32.7 Å². The molecule has 0 heterocycles. The topological polar surface area (TPSA) is 134 Å². The average molecular weight is 656 g/mol. The zero-order chi connectivity index (χ0) is 33.3. The minimum absolute atomic E-state index is 0.0453. The summed E-state index contributed by atoms with van der Waals surface area (Å²) in [5, 5.41) is 0. The van der Waals surface area contributed by atoms with Gasteiger partial charge in [0.25, 0.3) is 0 Å². The Morgan fingerprint density at radius 1 is 0.689 bits per heavy atom. The van der Waals surface area contributed by atoms with Crippen molar-refractivity contribution in [3.63, 3.8) is 0 Å². The van der Waals surface area contributed by atoms with E-state index in [1.54, 1.807) is 0 Å². The molecular formula is C35H62NO8P. The number of unbranched alkanes of at least 4 members (excludes halogenated alkanes) is 10. The van der Waals surface area contributed by atoms with Gasteiger partial charge < -0.3 is 20.1 Å². The molecule has 0 amide bonds. The van der Waals surface area contributed by atoms with Crippen molar-refractivity contribution in [1.82, 2.24) is 0 Å². The number of hydrogen-bond acceptors (Lipinski definition) is 8. The molecule has 260 valence electrons. The van der Waals surface area contributed by atoms with Crippen LogP contribution in [0.25, 0.3) is 0 Å². The van der Waals surface area contributed by atoms with E-state index in [2.05, 4.69) is 62.5 Å². The summed E-state index contributed by atoms with van der Waals surface area (Å²) in [5.74, 6) is -0.886. The molecule has 0 aliphatic rings. The normalized spacial score (nSPS) is 14.1. The maximum absolute atomic E-state index is 12.5. The summed E-state index contributed by atoms with van der Waals surface area (Å²) in [6, 6.07) is 0. The second-order valence-electron chi connectivity index (χ2n) is 11.0. The fraction of sp³-hybridized carbons (Fsp3) is 0.714. The van der Waals surface area contributed by atoms with Gasteiger partial charge in [-0.15, -0.1) is 0 Å². The summed E-state index contributed by atoms with van der Waals surface area (Å²) in [5.41, 5.74) is 5.31. The van der Waals surface area contributed by atoms with Crippen molar-refractivity contribution < 1.29 is 37.6 Å². The quantitative estimate of drug-likeness (QED) is 0.0325. The molecule has 1 unspecified atom stereocenters. The number of ether oxygens (including phenoxy) is 2. The zero-order valence-electron chi connectivity index (χ0n) is 28.1. The molecule has 0 saturated heterocycles. The van der Waals surface area contributed by atoms with Gasteiger partial charge in [0.05, 0.1) is 13.2 Å². The largest absolute Gasteiger partial charge is 0.472 e. The van der Waals surface area contributed by atoms with Gasteiger partial charge in [0.15, 0.2) is 6.10 Å². The molecule has 0 aromatic rings. The lowest BCUT2D eigenvalue weighted by molar-refractivity contribution is -0.161. The van der Waals surface area contributed by atoms with Gasteiger partial charge in [0, 0.05) is 19.4 Å². The molecule has 3 N–H and O–H groups in total. The highest BCUT2D eigenvalue weighted by atomic mass is 31.2. The molecular weight excluding hydrogens is 593 g/mol. The number of esters is 2. The maximum Gasteiger partial charge on any atom is 0.472 e. The van der Waals surface area contributed by atoms with E-state index in [0.717, 1.165) is 57.8 Å². The van der Waals surface area contributed by atoms with Crippen LogP contribution in [0, 0.1) is 0 Å². The highest BCUT2D eigenvalue weighted by Gasteiger charge is 2.25. The molecule has 9 nitrogen and oxygen atoms in total. The third kappa shape index (κ3) is 31.7. The highest BCUT2D eigenvalue weighted by molar-refractivity contribution is 7.47. The van der Waals surface area contributed by atoms with Gasteiger partial charge in [-0.2, -0.15) is 0 Å². The number of carbonyl (C=O) groups is 2. The molecule has 0 fully saturated rings. The van der Waals surface area contributed by atoms with E-state index >= 15 is 0 Å². The van der Waals surface area contributed by atoms with Crippen LogP contribution < -0.4 is 5.73 Å². The molecule has 45 heavy (non-hydrogen) atoms. The minimum Gasteiger partial charge on any atom is -0.462 e. The molecule has 0 aromatic carbocycles. The van der Waals surface area contributed by atoms with E-state index in [0.29, 0.717) is 6.42 Å². The second-order valence-corrected chi connectivity index (χ2v) is 12.5. The molecule has 0 bridgehead atoms. The molecule has 2 atom stereocenters. The van der Waals surface area contributed by atoms with Crippen molar-refractivity contribution >= 4 is 19.8 Å². The summed E-state index contributed by atoms with van der Waals surface area (Å²) < 4.78 is 32.5. The smallest absolute Gasteiger partial charge is 0.462 e. The fourth-order valence-electron chi connectivity index (χ4n) is 4.21. The van der Waals surface area contributed by atoms with Crippen LogP contribution in [0.3, 0.4) is 0 Å². The molecule has 0 rings (SSSR count). The van der Waals surface area contributed by atoms with Crippen LogP contribution in [-0.4, -0.2) is 49.3 Å². The van der Waals surface area contributed by atoms with Crippen LogP contribution in [0.2, 0.25) is 0 Å². The Hall–Kier alpha value is -2.03. The minimum atomic E-state index is -4.38. The summed E-state index contributed by atoms with van der Waals surface area (Å²) in [7, 11) is -4.38. The fourth-order valence-corrected chi connectivity index (χ4v) is 4.98. The Kier molecular flexibility index (Phi) is 30.5. The molecule has 0 radical (unpaired) electrons. The van der Waals surface area contributed by atoms with Gasteiger partial charge >= 0.3 is 19.8 Å². The van der Waals surface area contributed by atoms with Crippen LogP contribution >= 0.6 is 7.82 Å². The SMILES string of the molecule is CC/C=C\C/C=C\C/C=C\C/C=C\CCCCC(=O)O[C@H](COC(=O)CCCCCCCCCCC)COP(=O)(O)OCCN. The second kappa shape index (κ2) is 31.9. The standard InChI is InChI=1S/C35H62NO8P/c1-3-5-7-9-11-13-14-15-16-17-18-20-22-24-26-28-35(38)44-33(32-43-45(39,40)42-30-29-36)31-41-34(37)27-25-23-21-19-12-10-8-6-4-2/h5,7,11,13,15-16,18,20,33H,3-4,6,8-10,12,14,17,19,21-32,36H2,1-2H3,(H,39,40)/b7-5-,13-11-,16-15-,20-18-/t33-/m1/s1. The first-order chi connectivity index (χ1) is 21.8. The molecule has 0 saturated carbocycles. The third-order valence-corrected chi connectivity index (χ3v) is 7.71. The first-order valence-electron chi connectivity index (χ1n) is 17.1. The summed E-state index contributed by atoms with van der Waals surface area (Å²) in [4.78, 5) is 34.5. The highest BCUT2D eigenvalue weighted by Crippen LogP contribution is 2.43. The molecule has 0 spiro atoms. The molecule has 0 aliphatic heterocycles. The number of nitrogens with two attached hydrogens (primary N) is 1. The van der Waals surface area contributed by atoms with Crippen molar-refractivity contribution in [3.05, 3.63) is 48.6 Å². The summed E-state index contributed by atoms with van der Waals surface area (Å²) >= 11 is 0. The first kappa shape index (κ1) is 43.0. The van der Waals surface area contributed by atoms with Crippen LogP contribution in [0.4, 0.5) is 0 Å². The van der Waals surface area contributed by atoms with Crippen molar-refractivity contribution in [3.8, 4) is 0 Å². The number of allylic oxidation sites excluding steroid dienone is 8. The van der Waals surface area contributed by atoms with Crippen molar-refractivity contribution in [2.24, 2.45) is 5.73 Å². The van der Waals surface area contributed by atoms with E-state index in [9.17, 15) is 19.0 Å². The lowest BCUT2D eigenvalue weighted by Gasteiger charge is -2.19. The predicted molar refractivity (Wildman–Crippen MR) is 183 cm³/mol. The molecule has 0 aromatic heterocycles. The van der Waals surface area contributed by atoms with Gasteiger partial charge in [-0.3, -0.25) is 18.6 Å². The Morgan fingerprint density at radius 2 is 1.22 bits per heavy atom. The van der Waals surface area contributed by atoms with E-state index in [4.69, 9.17) is 24.3 Å². The van der Waals surface area contributed by atoms with Crippen LogP contribution in [0.5, 0.6) is 0 Å². The van der Waals surface area contributed by atoms with Crippen molar-refractivity contribution in [2.75, 3.05) is 26.4 Å². The molecule has 0 aliphatic carbocycles. The number of phosphoric acid groups is 1. The average Bonchev–Trinajstić information content (AvgIpc) is 3.02. The third-order valence-electron chi connectivity index (χ3n) is 6.73. The first-order valence-corrected chi connectivity index (χ1v) is 18.6. The van der Waals surface area contributed by atoms with Gasteiger partial charge in [-0.1, -0.05) is 114 Å². The number of rotatable bonds is 31. The summed E-state index contributed by atoms with van der Waals surface area (Å²) in [6.45, 7) is 3.51. The Labute approximate surface area is 273 Å². The van der Waals surface area contributed by atoms with Crippen molar-refractivity contribution in [1.29, 1.82) is 0 Å². The van der Waals surface area contributed by atoms with Gasteiger partial charge in [-0.05, 0) is 51.4 Å². The Bertz CT molecular complexity index is 887. The zero-order valence-corrected chi connectivity index (χ0v) is 29.0. The lowest BCUT2D eigenvalue weighted by atomic mass is 10.1. The Morgan fingerprint density at radius 3 is 1.82 bits per heavy atom. The summed E-state index contributed by atoms with van der Waals surface area (Å²) in [6.07, 6.45) is 33.0. The van der Waals surface area contributed by atoms with Gasteiger partial charge in [0.2, 0.25) is 0 Å².